The molecule has 0 aliphatic carbocycles. The Labute approximate surface area is 128 Å². The first-order chi connectivity index (χ1) is 9.61. The molecule has 1 amide bonds. The van der Waals surface area contributed by atoms with Crippen molar-refractivity contribution in [1.82, 2.24) is 5.32 Å². The predicted octanol–water partition coefficient (Wildman–Crippen LogP) is 2.89. The van der Waals surface area contributed by atoms with E-state index >= 15 is 0 Å². The molecule has 4 nitrogen and oxygen atoms in total. The van der Waals surface area contributed by atoms with E-state index < -0.39 is 0 Å². The summed E-state index contributed by atoms with van der Waals surface area (Å²) in [7, 11) is 0. The van der Waals surface area contributed by atoms with E-state index in [0.717, 1.165) is 4.90 Å². The zero-order chi connectivity index (χ0) is 14.8. The molecule has 0 unspecified atom stereocenters. The number of halogens is 1. The van der Waals surface area contributed by atoms with E-state index in [9.17, 15) is 9.59 Å². The number of rotatable bonds is 8. The molecule has 1 aromatic carbocycles. The molecule has 1 aromatic rings. The summed E-state index contributed by atoms with van der Waals surface area (Å²) in [6, 6.07) is 7.34. The van der Waals surface area contributed by atoms with Crippen molar-refractivity contribution in [2.24, 2.45) is 0 Å². The van der Waals surface area contributed by atoms with E-state index in [1.54, 1.807) is 19.1 Å². The molecule has 0 spiro atoms. The van der Waals surface area contributed by atoms with E-state index in [4.69, 9.17) is 16.3 Å². The first-order valence-electron chi connectivity index (χ1n) is 6.42. The topological polar surface area (TPSA) is 55.4 Å². The van der Waals surface area contributed by atoms with Crippen LogP contribution >= 0.6 is 23.4 Å². The minimum atomic E-state index is -0.225. The Balaban J connectivity index is 2.11. The van der Waals surface area contributed by atoms with Crippen molar-refractivity contribution in [3.8, 4) is 0 Å². The third-order valence-electron chi connectivity index (χ3n) is 2.37. The van der Waals surface area contributed by atoms with Gasteiger partial charge in [0.05, 0.1) is 12.4 Å². The molecule has 0 aromatic heterocycles. The van der Waals surface area contributed by atoms with Crippen molar-refractivity contribution in [3.63, 3.8) is 0 Å². The second kappa shape index (κ2) is 9.66. The van der Waals surface area contributed by atoms with Gasteiger partial charge < -0.3 is 10.1 Å². The van der Waals surface area contributed by atoms with Gasteiger partial charge in [0, 0.05) is 22.9 Å². The van der Waals surface area contributed by atoms with Gasteiger partial charge in [0.1, 0.15) is 0 Å². The molecule has 1 rings (SSSR count). The third-order valence-corrected chi connectivity index (χ3v) is 3.63. The van der Waals surface area contributed by atoms with Crippen LogP contribution in [0.5, 0.6) is 0 Å². The lowest BCUT2D eigenvalue weighted by Crippen LogP contribution is -2.26. The van der Waals surface area contributed by atoms with Crippen molar-refractivity contribution in [2.75, 3.05) is 18.9 Å². The first kappa shape index (κ1) is 16.9. The predicted molar refractivity (Wildman–Crippen MR) is 81.1 cm³/mol. The minimum Gasteiger partial charge on any atom is -0.466 e. The second-order valence-corrected chi connectivity index (χ2v) is 5.49. The summed E-state index contributed by atoms with van der Waals surface area (Å²) >= 11 is 7.23. The van der Waals surface area contributed by atoms with Gasteiger partial charge in [0.2, 0.25) is 5.91 Å². The van der Waals surface area contributed by atoms with Gasteiger partial charge in [-0.3, -0.25) is 9.59 Å². The van der Waals surface area contributed by atoms with Crippen LogP contribution in [0.4, 0.5) is 0 Å². The summed E-state index contributed by atoms with van der Waals surface area (Å²) in [4.78, 5) is 23.7. The first-order valence-corrected chi connectivity index (χ1v) is 7.79. The molecule has 1 N–H and O–H groups in total. The molecule has 6 heteroatoms. The smallest absolute Gasteiger partial charge is 0.305 e. The molecule has 0 saturated carbocycles. The van der Waals surface area contributed by atoms with Crippen LogP contribution in [0.15, 0.2) is 29.2 Å². The number of amides is 1. The summed E-state index contributed by atoms with van der Waals surface area (Å²) in [6.45, 7) is 2.65. The van der Waals surface area contributed by atoms with Crippen LogP contribution in [0.25, 0.3) is 0 Å². The Hall–Kier alpha value is -1.20. The van der Waals surface area contributed by atoms with E-state index in [2.05, 4.69) is 5.32 Å². The lowest BCUT2D eigenvalue weighted by molar-refractivity contribution is -0.143. The molecule has 0 fully saturated rings. The maximum atomic E-state index is 11.6. The van der Waals surface area contributed by atoms with Gasteiger partial charge in [-0.05, 0) is 37.6 Å². The number of hydrogen-bond donors (Lipinski definition) is 1. The Bertz CT molecular complexity index is 437. The van der Waals surface area contributed by atoms with Crippen molar-refractivity contribution in [3.05, 3.63) is 29.3 Å². The molecule has 0 atom stereocenters. The van der Waals surface area contributed by atoms with Crippen LogP contribution in [0.1, 0.15) is 19.8 Å². The number of carbonyl (C=O) groups is 2. The largest absolute Gasteiger partial charge is 0.466 e. The van der Waals surface area contributed by atoms with Gasteiger partial charge >= 0.3 is 5.97 Å². The average molecular weight is 316 g/mol. The van der Waals surface area contributed by atoms with Crippen molar-refractivity contribution >= 4 is 35.2 Å². The van der Waals surface area contributed by atoms with Gasteiger partial charge in [0.25, 0.3) is 0 Å². The fourth-order valence-electron chi connectivity index (χ4n) is 1.42. The molecule has 0 heterocycles. The Morgan fingerprint density at radius 2 is 2.00 bits per heavy atom. The van der Waals surface area contributed by atoms with Gasteiger partial charge in [-0.15, -0.1) is 11.8 Å². The maximum Gasteiger partial charge on any atom is 0.305 e. The zero-order valence-corrected chi connectivity index (χ0v) is 12.9. The number of thioether (sulfide) groups is 1. The molecule has 0 aliphatic rings. The fourth-order valence-corrected chi connectivity index (χ4v) is 2.28. The second-order valence-electron chi connectivity index (χ2n) is 4.00. The summed E-state index contributed by atoms with van der Waals surface area (Å²) < 4.78 is 4.80. The van der Waals surface area contributed by atoms with Crippen LogP contribution in [-0.2, 0) is 14.3 Å². The lowest BCUT2D eigenvalue weighted by atomic mass is 10.3. The highest BCUT2D eigenvalue weighted by atomic mass is 35.5. The molecule has 0 saturated heterocycles. The minimum absolute atomic E-state index is 0.0474. The Morgan fingerprint density at radius 3 is 2.65 bits per heavy atom. The standard InChI is InChI=1S/C14H18ClNO3S/c1-2-19-14(18)4-3-9-16-13(17)10-20-12-7-5-11(15)6-8-12/h5-8H,2-4,9-10H2,1H3,(H,16,17). The Morgan fingerprint density at radius 1 is 1.30 bits per heavy atom. The number of carbonyl (C=O) groups excluding carboxylic acids is 2. The normalized spacial score (nSPS) is 10.1. The quantitative estimate of drug-likeness (QED) is 0.455. The maximum absolute atomic E-state index is 11.6. The monoisotopic (exact) mass is 315 g/mol. The van der Waals surface area contributed by atoms with Crippen molar-refractivity contribution in [2.45, 2.75) is 24.7 Å². The molecule has 0 bridgehead atoms. The summed E-state index contributed by atoms with van der Waals surface area (Å²) in [5.41, 5.74) is 0. The molecule has 110 valence electrons. The lowest BCUT2D eigenvalue weighted by Gasteiger charge is -2.05. The van der Waals surface area contributed by atoms with Crippen molar-refractivity contribution in [1.29, 1.82) is 0 Å². The summed E-state index contributed by atoms with van der Waals surface area (Å²) in [5, 5.41) is 3.45. The zero-order valence-electron chi connectivity index (χ0n) is 11.4. The molecular formula is C14H18ClNO3S. The number of nitrogens with one attached hydrogen (secondary N) is 1. The van der Waals surface area contributed by atoms with E-state index in [-0.39, 0.29) is 11.9 Å². The van der Waals surface area contributed by atoms with Gasteiger partial charge in [-0.25, -0.2) is 0 Å². The molecular weight excluding hydrogens is 298 g/mol. The number of esters is 1. The van der Waals surface area contributed by atoms with E-state index in [1.807, 2.05) is 12.1 Å². The highest BCUT2D eigenvalue weighted by Gasteiger charge is 2.04. The van der Waals surface area contributed by atoms with Gasteiger partial charge in [0.15, 0.2) is 0 Å². The van der Waals surface area contributed by atoms with Crippen LogP contribution in [0.2, 0.25) is 5.02 Å². The SMILES string of the molecule is CCOC(=O)CCCNC(=O)CSc1ccc(Cl)cc1. The number of hydrogen-bond acceptors (Lipinski definition) is 4. The van der Waals surface area contributed by atoms with Gasteiger partial charge in [-0.2, -0.15) is 0 Å². The highest BCUT2D eigenvalue weighted by Crippen LogP contribution is 2.19. The third kappa shape index (κ3) is 7.40. The number of ether oxygens (including phenoxy) is 1. The van der Waals surface area contributed by atoms with Crippen molar-refractivity contribution < 1.29 is 14.3 Å². The number of benzene rings is 1. The van der Waals surface area contributed by atoms with Crippen LogP contribution < -0.4 is 5.32 Å². The summed E-state index contributed by atoms with van der Waals surface area (Å²) in [6.07, 6.45) is 0.925. The van der Waals surface area contributed by atoms with E-state index in [0.29, 0.717) is 36.8 Å². The molecule has 20 heavy (non-hydrogen) atoms. The molecule has 0 aliphatic heterocycles. The van der Waals surface area contributed by atoms with E-state index in [1.165, 1.54) is 11.8 Å². The molecule has 0 radical (unpaired) electrons. The van der Waals surface area contributed by atoms with Crippen LogP contribution in [0.3, 0.4) is 0 Å². The average Bonchev–Trinajstić information content (AvgIpc) is 2.43. The highest BCUT2D eigenvalue weighted by molar-refractivity contribution is 8.00. The fraction of sp³-hybridized carbons (Fsp3) is 0.429. The Kier molecular flexibility index (Phi) is 8.14. The van der Waals surface area contributed by atoms with Gasteiger partial charge in [-0.1, -0.05) is 11.6 Å². The van der Waals surface area contributed by atoms with Crippen LogP contribution in [0, 0.1) is 0 Å². The summed E-state index contributed by atoms with van der Waals surface area (Å²) in [5.74, 6) is 0.0761. The van der Waals surface area contributed by atoms with Crippen LogP contribution in [-0.4, -0.2) is 30.8 Å².